The van der Waals surface area contributed by atoms with Gasteiger partial charge in [0.2, 0.25) is 0 Å². The van der Waals surface area contributed by atoms with E-state index in [1.165, 1.54) is 0 Å². The number of hydrogen-bond donors (Lipinski definition) is 1. The lowest BCUT2D eigenvalue weighted by Crippen LogP contribution is -2.25. The van der Waals surface area contributed by atoms with Gasteiger partial charge in [0.1, 0.15) is 5.75 Å². The number of aromatic hydroxyl groups is 1. The Hall–Kier alpha value is -1.03. The van der Waals surface area contributed by atoms with Crippen molar-refractivity contribution in [3.8, 4) is 5.75 Å². The molecule has 1 aliphatic rings. The normalized spacial score (nSPS) is 14.9. The van der Waals surface area contributed by atoms with Crippen LogP contribution in [0.1, 0.15) is 22.3 Å². The van der Waals surface area contributed by atoms with Crippen molar-refractivity contribution in [3.63, 3.8) is 0 Å². The van der Waals surface area contributed by atoms with Gasteiger partial charge >= 0.3 is 0 Å². The van der Waals surface area contributed by atoms with Crippen LogP contribution in [-0.4, -0.2) is 25.0 Å². The number of carbonyl (C=O) groups is 1. The number of rotatable bonds is 1. The van der Waals surface area contributed by atoms with Crippen molar-refractivity contribution < 1.29 is 9.90 Å². The fourth-order valence-corrected chi connectivity index (χ4v) is 2.68. The number of aldehydes is 1. The SMILES string of the molecule is CN1CCCc2c1cc(O)c(C=O)c2Br. The van der Waals surface area contributed by atoms with E-state index >= 15 is 0 Å². The van der Waals surface area contributed by atoms with Crippen molar-refractivity contribution >= 4 is 27.9 Å². The number of nitrogens with zero attached hydrogens (tertiary/aromatic N) is 1. The molecule has 1 heterocycles. The Bertz CT molecular complexity index is 418. The number of anilines is 1. The molecule has 0 atom stereocenters. The fourth-order valence-electron chi connectivity index (χ4n) is 1.99. The molecule has 0 bridgehead atoms. The van der Waals surface area contributed by atoms with Crippen LogP contribution in [-0.2, 0) is 6.42 Å². The lowest BCUT2D eigenvalue weighted by Gasteiger charge is -2.29. The first-order valence-electron chi connectivity index (χ1n) is 4.85. The van der Waals surface area contributed by atoms with Crippen molar-refractivity contribution in [1.82, 2.24) is 0 Å². The van der Waals surface area contributed by atoms with E-state index in [1.54, 1.807) is 6.07 Å². The predicted molar refractivity (Wildman–Crippen MR) is 62.8 cm³/mol. The summed E-state index contributed by atoms with van der Waals surface area (Å²) in [6, 6.07) is 1.67. The second-order valence-corrected chi connectivity index (χ2v) is 4.56. The van der Waals surface area contributed by atoms with Gasteiger partial charge in [0.05, 0.1) is 5.56 Å². The van der Waals surface area contributed by atoms with Crippen LogP contribution in [0.5, 0.6) is 5.75 Å². The molecule has 80 valence electrons. The molecular formula is C11H12BrNO2. The molecule has 2 rings (SSSR count). The maximum absolute atomic E-state index is 10.8. The molecule has 15 heavy (non-hydrogen) atoms. The highest BCUT2D eigenvalue weighted by atomic mass is 79.9. The van der Waals surface area contributed by atoms with Crippen molar-refractivity contribution in [2.24, 2.45) is 0 Å². The monoisotopic (exact) mass is 269 g/mol. The summed E-state index contributed by atoms with van der Waals surface area (Å²) < 4.78 is 0.735. The molecule has 0 spiro atoms. The minimum atomic E-state index is 0.0457. The summed E-state index contributed by atoms with van der Waals surface area (Å²) in [5, 5.41) is 9.68. The molecule has 0 amide bonds. The highest BCUT2D eigenvalue weighted by molar-refractivity contribution is 9.10. The van der Waals surface area contributed by atoms with Crippen LogP contribution in [0.3, 0.4) is 0 Å². The molecule has 1 aromatic rings. The minimum Gasteiger partial charge on any atom is -0.507 e. The molecule has 4 heteroatoms. The minimum absolute atomic E-state index is 0.0457. The number of phenols is 1. The molecule has 0 aromatic heterocycles. The van der Waals surface area contributed by atoms with Crippen molar-refractivity contribution in [2.45, 2.75) is 12.8 Å². The van der Waals surface area contributed by atoms with E-state index < -0.39 is 0 Å². The van der Waals surface area contributed by atoms with Gasteiger partial charge in [-0.05, 0) is 34.3 Å². The third kappa shape index (κ3) is 1.63. The third-order valence-corrected chi connectivity index (χ3v) is 3.72. The lowest BCUT2D eigenvalue weighted by atomic mass is 9.99. The second-order valence-electron chi connectivity index (χ2n) is 3.76. The zero-order chi connectivity index (χ0) is 11.0. The number of phenolic OH excluding ortho intramolecular Hbond substituents is 1. The maximum atomic E-state index is 10.8. The lowest BCUT2D eigenvalue weighted by molar-refractivity contribution is 0.112. The van der Waals surface area contributed by atoms with Crippen molar-refractivity contribution in [3.05, 3.63) is 21.7 Å². The second kappa shape index (κ2) is 3.85. The molecule has 1 N–H and O–H groups in total. The van der Waals surface area contributed by atoms with Crippen LogP contribution in [0, 0.1) is 0 Å². The number of hydrogen-bond acceptors (Lipinski definition) is 3. The number of benzene rings is 1. The molecule has 0 saturated carbocycles. The van der Waals surface area contributed by atoms with Crippen molar-refractivity contribution in [2.75, 3.05) is 18.5 Å². The molecule has 0 radical (unpaired) electrons. The van der Waals surface area contributed by atoms with Crippen LogP contribution in [0.2, 0.25) is 0 Å². The third-order valence-electron chi connectivity index (χ3n) is 2.81. The van der Waals surface area contributed by atoms with E-state index in [4.69, 9.17) is 0 Å². The summed E-state index contributed by atoms with van der Waals surface area (Å²) in [5.74, 6) is 0.0457. The number of halogens is 1. The Morgan fingerprint density at radius 2 is 2.33 bits per heavy atom. The van der Waals surface area contributed by atoms with Gasteiger partial charge in [-0.15, -0.1) is 0 Å². The molecule has 0 saturated heterocycles. The molecule has 1 aromatic carbocycles. The maximum Gasteiger partial charge on any atom is 0.154 e. The summed E-state index contributed by atoms with van der Waals surface area (Å²) in [5.41, 5.74) is 2.48. The van der Waals surface area contributed by atoms with E-state index in [0.717, 1.165) is 35.1 Å². The highest BCUT2D eigenvalue weighted by Gasteiger charge is 2.20. The zero-order valence-corrected chi connectivity index (χ0v) is 10.0. The number of fused-ring (bicyclic) bond motifs is 1. The first-order chi connectivity index (χ1) is 7.15. The van der Waals surface area contributed by atoms with E-state index in [0.29, 0.717) is 11.8 Å². The molecule has 0 fully saturated rings. The standard InChI is InChI=1S/C11H12BrNO2/c1-13-4-2-3-7-9(13)5-10(15)8(6-14)11(7)12/h5-6,15H,2-4H2,1H3. The first kappa shape index (κ1) is 10.5. The Balaban J connectivity index is 2.66. The molecule has 1 aliphatic heterocycles. The molecular weight excluding hydrogens is 258 g/mol. The van der Waals surface area contributed by atoms with Gasteiger partial charge in [-0.1, -0.05) is 0 Å². The Morgan fingerprint density at radius 1 is 1.60 bits per heavy atom. The van der Waals surface area contributed by atoms with E-state index in [2.05, 4.69) is 20.8 Å². The van der Waals surface area contributed by atoms with Crippen molar-refractivity contribution in [1.29, 1.82) is 0 Å². The molecule has 0 aliphatic carbocycles. The Kier molecular flexibility index (Phi) is 2.69. The first-order valence-corrected chi connectivity index (χ1v) is 5.65. The summed E-state index contributed by atoms with van der Waals surface area (Å²) in [6.07, 6.45) is 2.71. The quantitative estimate of drug-likeness (QED) is 0.796. The Labute approximate surface area is 96.8 Å². The fraction of sp³-hybridized carbons (Fsp3) is 0.364. The van der Waals surface area contributed by atoms with Crippen LogP contribution in [0.15, 0.2) is 10.5 Å². The average molecular weight is 270 g/mol. The summed E-state index contributed by atoms with van der Waals surface area (Å²) in [6.45, 7) is 0.985. The van der Waals surface area contributed by atoms with Crippen LogP contribution >= 0.6 is 15.9 Å². The van der Waals surface area contributed by atoms with E-state index in [1.807, 2.05) is 7.05 Å². The summed E-state index contributed by atoms with van der Waals surface area (Å²) >= 11 is 3.39. The zero-order valence-electron chi connectivity index (χ0n) is 8.46. The van der Waals surface area contributed by atoms with Gasteiger partial charge in [0.25, 0.3) is 0 Å². The van der Waals surface area contributed by atoms with Gasteiger partial charge < -0.3 is 10.0 Å². The predicted octanol–water partition coefficient (Wildman–Crippen LogP) is 2.35. The van der Waals surface area contributed by atoms with Gasteiger partial charge in [-0.3, -0.25) is 4.79 Å². The molecule has 0 unspecified atom stereocenters. The van der Waals surface area contributed by atoms with E-state index in [-0.39, 0.29) is 5.75 Å². The van der Waals surface area contributed by atoms with Gasteiger partial charge in [0, 0.05) is 29.8 Å². The van der Waals surface area contributed by atoms with Crippen LogP contribution in [0.4, 0.5) is 5.69 Å². The topological polar surface area (TPSA) is 40.5 Å². The Morgan fingerprint density at radius 3 is 3.00 bits per heavy atom. The van der Waals surface area contributed by atoms with Crippen LogP contribution in [0.25, 0.3) is 0 Å². The average Bonchev–Trinajstić information content (AvgIpc) is 2.20. The van der Waals surface area contributed by atoms with Gasteiger partial charge in [0.15, 0.2) is 6.29 Å². The van der Waals surface area contributed by atoms with Gasteiger partial charge in [-0.2, -0.15) is 0 Å². The summed E-state index contributed by atoms with van der Waals surface area (Å²) in [4.78, 5) is 12.9. The van der Waals surface area contributed by atoms with Crippen LogP contribution < -0.4 is 4.90 Å². The largest absolute Gasteiger partial charge is 0.507 e. The highest BCUT2D eigenvalue weighted by Crippen LogP contribution is 2.38. The van der Waals surface area contributed by atoms with E-state index in [9.17, 15) is 9.90 Å². The smallest absolute Gasteiger partial charge is 0.154 e. The summed E-state index contributed by atoms with van der Waals surface area (Å²) in [7, 11) is 1.99. The molecule has 3 nitrogen and oxygen atoms in total. The number of carbonyl (C=O) groups excluding carboxylic acids is 1. The van der Waals surface area contributed by atoms with Gasteiger partial charge in [-0.25, -0.2) is 0 Å².